The third kappa shape index (κ3) is 4.41. The van der Waals surface area contributed by atoms with Gasteiger partial charge in [0.1, 0.15) is 17.5 Å². The van der Waals surface area contributed by atoms with Gasteiger partial charge in [0.15, 0.2) is 6.61 Å². The fraction of sp³-hybridized carbons (Fsp3) is 0.333. The maximum Gasteiger partial charge on any atom is 0.339 e. The number of ether oxygens (including phenoxy) is 2. The average Bonchev–Trinajstić information content (AvgIpc) is 2.57. The lowest BCUT2D eigenvalue weighted by Gasteiger charge is -2.18. The predicted octanol–water partition coefficient (Wildman–Crippen LogP) is -0.272. The Kier molecular flexibility index (Phi) is 5.86. The van der Waals surface area contributed by atoms with Crippen molar-refractivity contribution in [2.75, 3.05) is 19.5 Å². The minimum absolute atomic E-state index is 0.0422. The first kappa shape index (κ1) is 18.6. The zero-order chi connectivity index (χ0) is 18.6. The summed E-state index contributed by atoms with van der Waals surface area (Å²) in [5.41, 5.74) is 0.0455. The van der Waals surface area contributed by atoms with Gasteiger partial charge in [-0.05, 0) is 6.07 Å². The van der Waals surface area contributed by atoms with Crippen molar-refractivity contribution in [1.82, 2.24) is 5.32 Å². The van der Waals surface area contributed by atoms with Crippen LogP contribution in [0.15, 0.2) is 12.1 Å². The van der Waals surface area contributed by atoms with E-state index in [1.54, 1.807) is 0 Å². The van der Waals surface area contributed by atoms with Gasteiger partial charge in [0.05, 0.1) is 12.7 Å². The molecule has 0 fully saturated rings. The molecule has 1 aromatic rings. The maximum absolute atomic E-state index is 12.1. The Hall–Kier alpha value is -2.75. The second-order valence-corrected chi connectivity index (χ2v) is 6.08. The van der Waals surface area contributed by atoms with Crippen LogP contribution in [-0.2, 0) is 29.6 Å². The van der Waals surface area contributed by atoms with E-state index in [-0.39, 0.29) is 34.1 Å². The van der Waals surface area contributed by atoms with Crippen LogP contribution in [-0.4, -0.2) is 59.4 Å². The average molecular weight is 369 g/mol. The van der Waals surface area contributed by atoms with Crippen molar-refractivity contribution in [2.45, 2.75) is 11.8 Å². The van der Waals surface area contributed by atoms with Crippen LogP contribution in [0.25, 0.3) is 0 Å². The number of Topliss-reactive ketones (excluding diaryl/α,β-unsaturated/α-hetero) is 1. The van der Waals surface area contributed by atoms with Crippen molar-refractivity contribution >= 4 is 35.4 Å². The minimum Gasteiger partial charge on any atom is -0.508 e. The van der Waals surface area contributed by atoms with Crippen LogP contribution in [0.4, 0.5) is 0 Å². The van der Waals surface area contributed by atoms with Crippen LogP contribution in [0.1, 0.15) is 15.9 Å². The zero-order valence-corrected chi connectivity index (χ0v) is 13.9. The van der Waals surface area contributed by atoms with Crippen LogP contribution >= 0.6 is 11.8 Å². The molecule has 0 aliphatic carbocycles. The first-order valence-corrected chi connectivity index (χ1v) is 8.20. The molecule has 0 saturated heterocycles. The summed E-state index contributed by atoms with van der Waals surface area (Å²) in [6, 6.07) is 1.07. The standard InChI is InChI=1S/C15H15NO8S/c1-23-15(22)10-6-25-5-9-8(2-7(17)3-11(9)18)14(21)24-4-12(19)13(20)16-10/h2-3,10,17-18H,4-6H2,1H3,(H,16,20)/t10-/m0/s1. The lowest BCUT2D eigenvalue weighted by Crippen LogP contribution is -2.47. The SMILES string of the molecule is COC(=O)[C@@H]1CSCc2c(O)cc(O)cc2C(=O)OCC(=O)C(=O)N1. The van der Waals surface area contributed by atoms with E-state index in [0.717, 1.165) is 31.0 Å². The maximum atomic E-state index is 12.1. The summed E-state index contributed by atoms with van der Waals surface area (Å²) in [5.74, 6) is -4.40. The lowest BCUT2D eigenvalue weighted by molar-refractivity contribution is -0.146. The van der Waals surface area contributed by atoms with Crippen LogP contribution in [0, 0.1) is 0 Å². The number of ketones is 1. The number of benzene rings is 1. The Morgan fingerprint density at radius 3 is 2.72 bits per heavy atom. The third-order valence-corrected chi connectivity index (χ3v) is 4.40. The summed E-state index contributed by atoms with van der Waals surface area (Å²) >= 11 is 1.11. The van der Waals surface area contributed by atoms with Crippen LogP contribution in [0.3, 0.4) is 0 Å². The number of phenols is 2. The van der Waals surface area contributed by atoms with E-state index in [1.165, 1.54) is 0 Å². The van der Waals surface area contributed by atoms with Crippen molar-refractivity contribution in [3.05, 3.63) is 23.3 Å². The number of carbonyl (C=O) groups excluding carboxylic acids is 4. The van der Waals surface area contributed by atoms with Gasteiger partial charge < -0.3 is 25.0 Å². The zero-order valence-electron chi connectivity index (χ0n) is 13.1. The van der Waals surface area contributed by atoms with E-state index >= 15 is 0 Å². The molecule has 0 aromatic heterocycles. The largest absolute Gasteiger partial charge is 0.508 e. The second kappa shape index (κ2) is 7.88. The molecule has 9 nitrogen and oxygen atoms in total. The summed E-state index contributed by atoms with van der Waals surface area (Å²) in [5, 5.41) is 21.7. The molecule has 10 heteroatoms. The fourth-order valence-electron chi connectivity index (χ4n) is 2.08. The van der Waals surface area contributed by atoms with E-state index in [4.69, 9.17) is 4.74 Å². The smallest absolute Gasteiger partial charge is 0.339 e. The van der Waals surface area contributed by atoms with Crippen molar-refractivity contribution < 1.29 is 38.9 Å². The number of amides is 1. The second-order valence-electron chi connectivity index (χ2n) is 5.05. The molecular weight excluding hydrogens is 354 g/mol. The van der Waals surface area contributed by atoms with Gasteiger partial charge in [-0.25, -0.2) is 9.59 Å². The fourth-order valence-corrected chi connectivity index (χ4v) is 3.16. The molecule has 3 N–H and O–H groups in total. The van der Waals surface area contributed by atoms with Crippen LogP contribution in [0.5, 0.6) is 11.5 Å². The number of methoxy groups -OCH3 is 1. The molecule has 1 aliphatic rings. The number of nitrogens with one attached hydrogen (secondary N) is 1. The number of rotatable bonds is 1. The number of phenolic OH excluding ortho intramolecular Hbond substituents is 2. The monoisotopic (exact) mass is 369 g/mol. The van der Waals surface area contributed by atoms with Gasteiger partial charge in [0, 0.05) is 23.1 Å². The highest BCUT2D eigenvalue weighted by molar-refractivity contribution is 7.98. The Morgan fingerprint density at radius 1 is 1.32 bits per heavy atom. The molecule has 0 bridgehead atoms. The number of hydrogen-bond donors (Lipinski definition) is 3. The van der Waals surface area contributed by atoms with Crippen molar-refractivity contribution in [2.24, 2.45) is 0 Å². The number of aromatic hydroxyl groups is 2. The molecule has 1 aromatic carbocycles. The number of esters is 2. The molecule has 134 valence electrons. The van der Waals surface area contributed by atoms with E-state index in [2.05, 4.69) is 10.1 Å². The molecule has 1 amide bonds. The van der Waals surface area contributed by atoms with Gasteiger partial charge in [0.25, 0.3) is 11.7 Å². The van der Waals surface area contributed by atoms with Crippen molar-refractivity contribution in [3.8, 4) is 11.5 Å². The molecule has 0 radical (unpaired) electrons. The summed E-state index contributed by atoms with van der Waals surface area (Å²) < 4.78 is 9.34. The highest BCUT2D eigenvalue weighted by Crippen LogP contribution is 2.31. The highest BCUT2D eigenvalue weighted by Gasteiger charge is 2.28. The predicted molar refractivity (Wildman–Crippen MR) is 85.2 cm³/mol. The minimum atomic E-state index is -1.08. The Morgan fingerprint density at radius 2 is 2.04 bits per heavy atom. The number of carbonyl (C=O) groups is 4. The number of fused-ring (bicyclic) bond motifs is 1. The first-order chi connectivity index (χ1) is 11.8. The molecule has 25 heavy (non-hydrogen) atoms. The number of hydrogen-bond acceptors (Lipinski definition) is 9. The van der Waals surface area contributed by atoms with E-state index < -0.39 is 36.3 Å². The molecule has 0 unspecified atom stereocenters. The first-order valence-electron chi connectivity index (χ1n) is 7.04. The molecule has 0 spiro atoms. The van der Waals surface area contributed by atoms with Crippen molar-refractivity contribution in [3.63, 3.8) is 0 Å². The Balaban J connectivity index is 2.36. The van der Waals surface area contributed by atoms with Gasteiger partial charge in [-0.15, -0.1) is 0 Å². The highest BCUT2D eigenvalue weighted by atomic mass is 32.2. The van der Waals surface area contributed by atoms with Gasteiger partial charge in [0.2, 0.25) is 0 Å². The molecule has 2 rings (SSSR count). The quantitative estimate of drug-likeness (QED) is 0.451. The number of thioether (sulfide) groups is 1. The lowest BCUT2D eigenvalue weighted by atomic mass is 10.1. The molecule has 1 aliphatic heterocycles. The summed E-state index contributed by atoms with van der Waals surface area (Å²) in [7, 11) is 1.14. The van der Waals surface area contributed by atoms with Gasteiger partial charge in [-0.2, -0.15) is 11.8 Å². The number of cyclic esters (lactones) is 1. The topological polar surface area (TPSA) is 139 Å². The molecule has 1 heterocycles. The van der Waals surface area contributed by atoms with Gasteiger partial charge in [-0.1, -0.05) is 0 Å². The molecule has 0 saturated carbocycles. The normalized spacial score (nSPS) is 18.9. The van der Waals surface area contributed by atoms with Crippen molar-refractivity contribution in [1.29, 1.82) is 0 Å². The van der Waals surface area contributed by atoms with E-state index in [9.17, 15) is 29.4 Å². The van der Waals surface area contributed by atoms with E-state index in [0.29, 0.717) is 0 Å². The summed E-state index contributed by atoms with van der Waals surface area (Å²) in [6.07, 6.45) is 0. The summed E-state index contributed by atoms with van der Waals surface area (Å²) in [4.78, 5) is 47.3. The molecule has 1 atom stereocenters. The third-order valence-electron chi connectivity index (χ3n) is 3.34. The van der Waals surface area contributed by atoms with E-state index in [1.807, 2.05) is 0 Å². The molecular formula is C15H15NO8S. The summed E-state index contributed by atoms with van der Waals surface area (Å²) in [6.45, 7) is -0.846. The Labute approximate surface area is 146 Å². The van der Waals surface area contributed by atoms with Gasteiger partial charge >= 0.3 is 11.9 Å². The van der Waals surface area contributed by atoms with Crippen LogP contribution < -0.4 is 5.32 Å². The Bertz CT molecular complexity index is 732. The van der Waals surface area contributed by atoms with Crippen LogP contribution in [0.2, 0.25) is 0 Å². The van der Waals surface area contributed by atoms with Gasteiger partial charge in [-0.3, -0.25) is 9.59 Å².